The van der Waals surface area contributed by atoms with Crippen LogP contribution in [0, 0.1) is 23.7 Å². The van der Waals surface area contributed by atoms with Gasteiger partial charge in [-0.1, -0.05) is 75.3 Å². The number of hydrogen-bond acceptors (Lipinski definition) is 4. The van der Waals surface area contributed by atoms with E-state index in [0.29, 0.717) is 10.2 Å². The molecule has 1 saturated heterocycles. The molecule has 0 spiro atoms. The monoisotopic (exact) mass is 533 g/mol. The molecule has 0 radical (unpaired) electrons. The molecule has 0 N–H and O–H groups in total. The van der Waals surface area contributed by atoms with E-state index < -0.39 is 0 Å². The van der Waals surface area contributed by atoms with Gasteiger partial charge < -0.3 is 0 Å². The molecule has 1 aliphatic heterocycles. The van der Waals surface area contributed by atoms with E-state index in [1.54, 1.807) is 0 Å². The van der Waals surface area contributed by atoms with Crippen molar-refractivity contribution in [3.63, 3.8) is 0 Å². The zero-order valence-corrected chi connectivity index (χ0v) is 23.8. The van der Waals surface area contributed by atoms with Crippen LogP contribution in [0.2, 0.25) is 0 Å². The highest BCUT2D eigenvalue weighted by atomic mass is 32.2. The van der Waals surface area contributed by atoms with E-state index in [1.165, 1.54) is 68.8 Å². The smallest absolute Gasteiger partial charge is 0.266 e. The Kier molecular flexibility index (Phi) is 7.08. The van der Waals surface area contributed by atoms with E-state index in [9.17, 15) is 4.79 Å². The number of aromatic nitrogens is 2. The molecule has 5 aliphatic rings. The molecule has 1 amide bonds. The normalized spacial score (nSPS) is 30.6. The summed E-state index contributed by atoms with van der Waals surface area (Å²) >= 11 is 7.20. The maximum atomic E-state index is 13.6. The Labute approximate surface area is 231 Å². The highest BCUT2D eigenvalue weighted by Crippen LogP contribution is 2.61. The average Bonchev–Trinajstić information content (AvgIpc) is 3.43. The fourth-order valence-electron chi connectivity index (χ4n) is 7.99. The van der Waals surface area contributed by atoms with E-state index in [0.717, 1.165) is 53.3 Å². The van der Waals surface area contributed by atoms with Crippen molar-refractivity contribution in [2.75, 3.05) is 6.54 Å². The molecule has 1 atom stereocenters. The minimum Gasteiger partial charge on any atom is -0.293 e. The number of thiocarbonyl (C=S) groups is 1. The van der Waals surface area contributed by atoms with Crippen molar-refractivity contribution in [2.24, 2.45) is 23.7 Å². The van der Waals surface area contributed by atoms with Crippen molar-refractivity contribution >= 4 is 40.3 Å². The van der Waals surface area contributed by atoms with Gasteiger partial charge in [0.15, 0.2) is 0 Å². The molecule has 1 unspecified atom stereocenters. The molecule has 4 aliphatic carbocycles. The van der Waals surface area contributed by atoms with Crippen LogP contribution in [-0.2, 0) is 10.2 Å². The quantitative estimate of drug-likeness (QED) is 0.244. The number of thioether (sulfide) groups is 1. The summed E-state index contributed by atoms with van der Waals surface area (Å²) in [5.74, 6) is 3.11. The van der Waals surface area contributed by atoms with Crippen LogP contribution in [0.1, 0.15) is 89.3 Å². The van der Waals surface area contributed by atoms with Gasteiger partial charge in [0, 0.05) is 23.7 Å². The standard InChI is InChI=1S/C31H39N3OS2/c1-3-5-9-21(4-2)19-33-29(35)27(37-30(33)36)15-25-20-34(26-10-7-6-8-11-26)32-28(25)31-16-22-12-23(17-31)14-24(13-22)18-31/h6-8,10-11,15,20-24H,3-5,9,12-14,16-19H2,1-2H3. The van der Waals surface area contributed by atoms with Crippen molar-refractivity contribution < 1.29 is 4.79 Å². The molecule has 5 fully saturated rings. The lowest BCUT2D eigenvalue weighted by molar-refractivity contribution is -0.122. The first-order valence-corrected chi connectivity index (χ1v) is 15.6. The topological polar surface area (TPSA) is 38.1 Å². The predicted molar refractivity (Wildman–Crippen MR) is 157 cm³/mol. The Morgan fingerprint density at radius 2 is 1.78 bits per heavy atom. The molecule has 1 aromatic heterocycles. The van der Waals surface area contributed by atoms with Crippen LogP contribution in [0.15, 0.2) is 41.4 Å². The number of carbonyl (C=O) groups is 1. The molecule has 196 valence electrons. The maximum Gasteiger partial charge on any atom is 0.266 e. The summed E-state index contributed by atoms with van der Waals surface area (Å²) in [6, 6.07) is 10.4. The summed E-state index contributed by atoms with van der Waals surface area (Å²) in [7, 11) is 0. The van der Waals surface area contributed by atoms with Crippen LogP contribution in [0.25, 0.3) is 11.8 Å². The van der Waals surface area contributed by atoms with E-state index in [-0.39, 0.29) is 11.3 Å². The highest BCUT2D eigenvalue weighted by Gasteiger charge is 2.53. The first-order valence-electron chi connectivity index (χ1n) is 14.4. The van der Waals surface area contributed by atoms with Crippen LogP contribution < -0.4 is 0 Å². The first kappa shape index (κ1) is 25.4. The summed E-state index contributed by atoms with van der Waals surface area (Å²) < 4.78 is 2.75. The second kappa shape index (κ2) is 10.3. The van der Waals surface area contributed by atoms with E-state index in [1.807, 2.05) is 15.6 Å². The second-order valence-corrected chi connectivity index (χ2v) is 13.8. The molecule has 4 bridgehead atoms. The number of amides is 1. The molecule has 2 aromatic rings. The molecule has 37 heavy (non-hydrogen) atoms. The summed E-state index contributed by atoms with van der Waals surface area (Å²) in [4.78, 5) is 16.2. The molecule has 4 saturated carbocycles. The Morgan fingerprint density at radius 3 is 2.41 bits per heavy atom. The molecule has 6 heteroatoms. The fraction of sp³-hybridized carbons (Fsp3) is 0.581. The molecular formula is C31H39N3OS2. The molecule has 2 heterocycles. The lowest BCUT2D eigenvalue weighted by atomic mass is 9.48. The van der Waals surface area contributed by atoms with Gasteiger partial charge in [0.05, 0.1) is 16.3 Å². The van der Waals surface area contributed by atoms with E-state index in [4.69, 9.17) is 17.3 Å². The number of para-hydroxylation sites is 1. The molecule has 1 aromatic carbocycles. The van der Waals surface area contributed by atoms with Gasteiger partial charge in [-0.3, -0.25) is 9.69 Å². The van der Waals surface area contributed by atoms with Gasteiger partial charge in [-0.25, -0.2) is 4.68 Å². The van der Waals surface area contributed by atoms with Gasteiger partial charge in [0.25, 0.3) is 5.91 Å². The third kappa shape index (κ3) is 4.85. The lowest BCUT2D eigenvalue weighted by Crippen LogP contribution is -2.49. The summed E-state index contributed by atoms with van der Waals surface area (Å²) in [5, 5.41) is 5.28. The SMILES string of the molecule is CCCCC(CC)CN1C(=O)C(=Cc2cn(-c3ccccc3)nc2C23CC4CC(CC(C4)C2)C3)SC1=S. The minimum absolute atomic E-state index is 0.0777. The maximum absolute atomic E-state index is 13.6. The number of benzene rings is 1. The third-order valence-corrected chi connectivity index (χ3v) is 10.8. The van der Waals surface area contributed by atoms with Crippen LogP contribution in [0.5, 0.6) is 0 Å². The van der Waals surface area contributed by atoms with Crippen molar-refractivity contribution in [3.05, 3.63) is 52.7 Å². The van der Waals surface area contributed by atoms with Crippen LogP contribution in [0.3, 0.4) is 0 Å². The average molecular weight is 534 g/mol. The van der Waals surface area contributed by atoms with Gasteiger partial charge in [-0.2, -0.15) is 5.10 Å². The molecule has 7 rings (SSSR count). The number of rotatable bonds is 9. The zero-order valence-electron chi connectivity index (χ0n) is 22.2. The summed E-state index contributed by atoms with van der Waals surface area (Å²) in [6.07, 6.45) is 16.9. The number of carbonyl (C=O) groups excluding carboxylic acids is 1. The highest BCUT2D eigenvalue weighted by molar-refractivity contribution is 8.26. The van der Waals surface area contributed by atoms with Gasteiger partial charge >= 0.3 is 0 Å². The predicted octanol–water partition coefficient (Wildman–Crippen LogP) is 7.76. The lowest BCUT2D eigenvalue weighted by Gasteiger charge is -2.56. The molecule has 4 nitrogen and oxygen atoms in total. The van der Waals surface area contributed by atoms with Gasteiger partial charge in [-0.15, -0.1) is 0 Å². The van der Waals surface area contributed by atoms with Crippen LogP contribution in [0.4, 0.5) is 0 Å². The Bertz CT molecular complexity index is 1170. The second-order valence-electron chi connectivity index (χ2n) is 12.1. The third-order valence-electron chi connectivity index (χ3n) is 9.45. The van der Waals surface area contributed by atoms with Gasteiger partial charge in [-0.05, 0) is 86.8 Å². The Balaban J connectivity index is 1.34. The van der Waals surface area contributed by atoms with Crippen LogP contribution in [-0.4, -0.2) is 31.5 Å². The number of unbranched alkanes of at least 4 members (excludes halogenated alkanes) is 1. The first-order chi connectivity index (χ1) is 18.0. The van der Waals surface area contributed by atoms with Gasteiger partial charge in [0.1, 0.15) is 4.32 Å². The summed E-state index contributed by atoms with van der Waals surface area (Å²) in [5.41, 5.74) is 3.56. The van der Waals surface area contributed by atoms with E-state index in [2.05, 4.69) is 50.4 Å². The van der Waals surface area contributed by atoms with Gasteiger partial charge in [0.2, 0.25) is 0 Å². The minimum atomic E-state index is 0.0777. The fourth-order valence-corrected chi connectivity index (χ4v) is 9.26. The van der Waals surface area contributed by atoms with Crippen molar-refractivity contribution in [3.8, 4) is 5.69 Å². The van der Waals surface area contributed by atoms with Crippen LogP contribution >= 0.6 is 24.0 Å². The number of hydrogen-bond donors (Lipinski definition) is 0. The van der Waals surface area contributed by atoms with Crippen molar-refractivity contribution in [1.29, 1.82) is 0 Å². The Morgan fingerprint density at radius 1 is 1.11 bits per heavy atom. The number of nitrogens with zero attached hydrogens (tertiary/aromatic N) is 3. The largest absolute Gasteiger partial charge is 0.293 e. The Hall–Kier alpha value is -1.92. The van der Waals surface area contributed by atoms with Crippen molar-refractivity contribution in [1.82, 2.24) is 14.7 Å². The summed E-state index contributed by atoms with van der Waals surface area (Å²) in [6.45, 7) is 5.19. The van der Waals surface area contributed by atoms with E-state index >= 15 is 0 Å². The van der Waals surface area contributed by atoms with Crippen molar-refractivity contribution in [2.45, 2.75) is 83.5 Å². The molecular weight excluding hydrogens is 494 g/mol. The zero-order chi connectivity index (χ0) is 25.6.